The zero-order chi connectivity index (χ0) is 23.2. The van der Waals surface area contributed by atoms with E-state index in [1.54, 1.807) is 49.4 Å². The topological polar surface area (TPSA) is 101 Å². The molecule has 0 atom stereocenters. The molecule has 3 heterocycles. The van der Waals surface area contributed by atoms with Crippen molar-refractivity contribution >= 4 is 28.5 Å². The molecule has 0 saturated carbocycles. The van der Waals surface area contributed by atoms with Gasteiger partial charge in [-0.1, -0.05) is 6.07 Å². The maximum atomic E-state index is 13.2. The molecule has 0 aliphatic carbocycles. The summed E-state index contributed by atoms with van der Waals surface area (Å²) in [6.45, 7) is 1.00. The minimum atomic E-state index is -0.597. The molecule has 170 valence electrons. The van der Waals surface area contributed by atoms with Crippen molar-refractivity contribution in [2.24, 2.45) is 0 Å². The largest absolute Gasteiger partial charge is 0.496 e. The molecule has 8 heteroatoms. The average molecular weight is 447 g/mol. The molecule has 5 rings (SSSR count). The molecule has 2 aliphatic heterocycles. The Balaban J connectivity index is 1.31. The number of H-pyrrole nitrogens is 1. The van der Waals surface area contributed by atoms with Crippen LogP contribution in [0, 0.1) is 0 Å². The number of nitrogens with zero attached hydrogens (tertiary/aromatic N) is 1. The highest BCUT2D eigenvalue weighted by atomic mass is 16.5. The molecule has 2 amide bonds. The van der Waals surface area contributed by atoms with Crippen molar-refractivity contribution in [1.29, 1.82) is 0 Å². The van der Waals surface area contributed by atoms with Gasteiger partial charge in [-0.3, -0.25) is 14.4 Å². The number of aromatic amines is 1. The van der Waals surface area contributed by atoms with Gasteiger partial charge in [0.15, 0.2) is 5.78 Å². The number of carbonyl (C=O) groups excluding carboxylic acids is 3. The van der Waals surface area contributed by atoms with Crippen LogP contribution in [0.4, 0.5) is 0 Å². The molecule has 1 spiro atoms. The standard InChI is InChI=1S/C25H25N3O5/c1-26-23(30)18-13-16-12-15(6-7-17(16)27-18)24(31)28-10-8-25(9-11-28)14-19(29)22-20(32-2)4-3-5-21(22)33-25/h3-7,12-13,27H,8-11,14H2,1-2H3,(H,26,30). The maximum Gasteiger partial charge on any atom is 0.267 e. The van der Waals surface area contributed by atoms with Gasteiger partial charge in [0, 0.05) is 49.4 Å². The number of piperidine rings is 1. The second-order valence-corrected chi connectivity index (χ2v) is 8.57. The minimum Gasteiger partial charge on any atom is -0.496 e. The van der Waals surface area contributed by atoms with Crippen LogP contribution in [0.25, 0.3) is 10.9 Å². The number of aromatic nitrogens is 1. The van der Waals surface area contributed by atoms with Gasteiger partial charge in [-0.15, -0.1) is 0 Å². The summed E-state index contributed by atoms with van der Waals surface area (Å²) in [6.07, 6.45) is 1.43. The van der Waals surface area contributed by atoms with Crippen molar-refractivity contribution in [3.05, 3.63) is 59.3 Å². The molecule has 0 radical (unpaired) electrons. The zero-order valence-corrected chi connectivity index (χ0v) is 18.6. The number of carbonyl (C=O) groups is 3. The van der Waals surface area contributed by atoms with Crippen LogP contribution >= 0.6 is 0 Å². The summed E-state index contributed by atoms with van der Waals surface area (Å²) in [7, 11) is 3.12. The van der Waals surface area contributed by atoms with Gasteiger partial charge >= 0.3 is 0 Å². The average Bonchev–Trinajstić information content (AvgIpc) is 3.26. The van der Waals surface area contributed by atoms with Gasteiger partial charge in [-0.05, 0) is 36.4 Å². The molecular weight excluding hydrogens is 422 g/mol. The number of hydrogen-bond acceptors (Lipinski definition) is 5. The number of ether oxygens (including phenoxy) is 2. The lowest BCUT2D eigenvalue weighted by Gasteiger charge is -2.44. The Morgan fingerprint density at radius 1 is 1.15 bits per heavy atom. The fraction of sp³-hybridized carbons (Fsp3) is 0.320. The Morgan fingerprint density at radius 3 is 2.67 bits per heavy atom. The molecule has 33 heavy (non-hydrogen) atoms. The van der Waals surface area contributed by atoms with Gasteiger partial charge in [-0.2, -0.15) is 0 Å². The van der Waals surface area contributed by atoms with E-state index < -0.39 is 5.60 Å². The summed E-state index contributed by atoms with van der Waals surface area (Å²) in [5, 5.41) is 3.39. The van der Waals surface area contributed by atoms with Gasteiger partial charge in [0.2, 0.25) is 0 Å². The number of benzene rings is 2. The maximum absolute atomic E-state index is 13.2. The first-order valence-corrected chi connectivity index (χ1v) is 11.0. The first-order valence-electron chi connectivity index (χ1n) is 11.0. The van der Waals surface area contributed by atoms with Crippen molar-refractivity contribution < 1.29 is 23.9 Å². The van der Waals surface area contributed by atoms with E-state index in [2.05, 4.69) is 10.3 Å². The first-order chi connectivity index (χ1) is 15.9. The van der Waals surface area contributed by atoms with Crippen LogP contribution in [0.3, 0.4) is 0 Å². The summed E-state index contributed by atoms with van der Waals surface area (Å²) in [6, 6.07) is 12.5. The minimum absolute atomic E-state index is 0.0123. The Kier molecular flexibility index (Phi) is 5.08. The predicted octanol–water partition coefficient (Wildman–Crippen LogP) is 3.18. The second-order valence-electron chi connectivity index (χ2n) is 8.57. The molecule has 0 unspecified atom stereocenters. The van der Waals surface area contributed by atoms with Gasteiger partial charge in [0.05, 0.1) is 13.5 Å². The number of rotatable bonds is 3. The third-order valence-corrected chi connectivity index (χ3v) is 6.60. The second kappa shape index (κ2) is 7.95. The number of hydrogen-bond donors (Lipinski definition) is 2. The summed E-state index contributed by atoms with van der Waals surface area (Å²) in [4.78, 5) is 42.8. The van der Waals surface area contributed by atoms with E-state index in [4.69, 9.17) is 9.47 Å². The molecule has 2 N–H and O–H groups in total. The lowest BCUT2D eigenvalue weighted by molar-refractivity contribution is -0.00599. The van der Waals surface area contributed by atoms with Crippen LogP contribution in [-0.4, -0.2) is 60.3 Å². The summed E-state index contributed by atoms with van der Waals surface area (Å²) in [5.74, 6) is 0.813. The molecule has 2 aromatic carbocycles. The highest BCUT2D eigenvalue weighted by Crippen LogP contribution is 2.42. The number of likely N-dealkylation sites (tertiary alicyclic amines) is 1. The fourth-order valence-corrected chi connectivity index (χ4v) is 4.79. The molecule has 1 aromatic heterocycles. The van der Waals surface area contributed by atoms with Crippen molar-refractivity contribution in [3.8, 4) is 11.5 Å². The Bertz CT molecular complexity index is 1270. The van der Waals surface area contributed by atoms with Crippen molar-refractivity contribution in [2.75, 3.05) is 27.2 Å². The van der Waals surface area contributed by atoms with Crippen molar-refractivity contribution in [2.45, 2.75) is 24.9 Å². The smallest absolute Gasteiger partial charge is 0.267 e. The van der Waals surface area contributed by atoms with Crippen molar-refractivity contribution in [3.63, 3.8) is 0 Å². The first kappa shape index (κ1) is 21.1. The van der Waals surface area contributed by atoms with Crippen LogP contribution < -0.4 is 14.8 Å². The normalized spacial score (nSPS) is 16.9. The van der Waals surface area contributed by atoms with Gasteiger partial charge in [0.25, 0.3) is 11.8 Å². The molecule has 2 aliphatic rings. The highest BCUT2D eigenvalue weighted by molar-refractivity contribution is 6.03. The number of Topliss-reactive ketones (excluding diaryl/α,β-unsaturated/α-hetero) is 1. The lowest BCUT2D eigenvalue weighted by atomic mass is 9.82. The van der Waals surface area contributed by atoms with E-state index >= 15 is 0 Å². The highest BCUT2D eigenvalue weighted by Gasteiger charge is 2.44. The monoisotopic (exact) mass is 447 g/mol. The summed E-state index contributed by atoms with van der Waals surface area (Å²) >= 11 is 0. The Labute approximate surface area is 190 Å². The van der Waals surface area contributed by atoms with Crippen LogP contribution in [0.2, 0.25) is 0 Å². The third-order valence-electron chi connectivity index (χ3n) is 6.60. The summed E-state index contributed by atoms with van der Waals surface area (Å²) in [5.41, 5.74) is 1.72. The number of methoxy groups -OCH3 is 1. The molecular formula is C25H25N3O5. The number of ketones is 1. The van der Waals surface area contributed by atoms with E-state index in [9.17, 15) is 14.4 Å². The molecule has 1 fully saturated rings. The predicted molar refractivity (Wildman–Crippen MR) is 122 cm³/mol. The third kappa shape index (κ3) is 3.61. The van der Waals surface area contributed by atoms with E-state index in [0.29, 0.717) is 54.3 Å². The van der Waals surface area contributed by atoms with Gasteiger partial charge < -0.3 is 24.7 Å². The number of fused-ring (bicyclic) bond motifs is 2. The van der Waals surface area contributed by atoms with E-state index in [1.165, 1.54) is 0 Å². The van der Waals surface area contributed by atoms with E-state index in [1.807, 2.05) is 12.1 Å². The lowest BCUT2D eigenvalue weighted by Crippen LogP contribution is -2.52. The molecule has 3 aromatic rings. The quantitative estimate of drug-likeness (QED) is 0.642. The Morgan fingerprint density at radius 2 is 1.94 bits per heavy atom. The number of amides is 2. The van der Waals surface area contributed by atoms with Crippen molar-refractivity contribution in [1.82, 2.24) is 15.2 Å². The SMILES string of the molecule is CNC(=O)c1cc2cc(C(=O)N3CCC4(CC3)CC(=O)c3c(OC)cccc3O4)ccc2[nH]1. The molecule has 1 saturated heterocycles. The van der Waals surface area contributed by atoms with Crippen LogP contribution in [0.15, 0.2) is 42.5 Å². The van der Waals surface area contributed by atoms with E-state index in [-0.39, 0.29) is 24.0 Å². The molecule has 8 nitrogen and oxygen atoms in total. The zero-order valence-electron chi connectivity index (χ0n) is 18.6. The summed E-state index contributed by atoms with van der Waals surface area (Å²) < 4.78 is 11.6. The van der Waals surface area contributed by atoms with Gasteiger partial charge in [-0.25, -0.2) is 0 Å². The Hall–Kier alpha value is -3.81. The van der Waals surface area contributed by atoms with E-state index in [0.717, 1.165) is 10.9 Å². The number of nitrogens with one attached hydrogen (secondary N) is 2. The fourth-order valence-electron chi connectivity index (χ4n) is 4.79. The van der Waals surface area contributed by atoms with Crippen LogP contribution in [-0.2, 0) is 0 Å². The van der Waals surface area contributed by atoms with Crippen LogP contribution in [0.1, 0.15) is 50.5 Å². The molecule has 0 bridgehead atoms. The van der Waals surface area contributed by atoms with Gasteiger partial charge in [0.1, 0.15) is 28.4 Å². The van der Waals surface area contributed by atoms with Crippen LogP contribution in [0.5, 0.6) is 11.5 Å².